The van der Waals surface area contributed by atoms with Gasteiger partial charge in [0.1, 0.15) is 11.6 Å². The SMILES string of the molecule is CNC(=O)N1c2c(C#N)c(CS)nn2-c2ccccc2C1(F)C(F)(F)F. The highest BCUT2D eigenvalue weighted by Crippen LogP contribution is 2.53. The maximum absolute atomic E-state index is 15.7. The molecular weight excluding hydrogens is 374 g/mol. The van der Waals surface area contributed by atoms with E-state index in [2.05, 4.69) is 17.7 Å². The summed E-state index contributed by atoms with van der Waals surface area (Å²) in [6.45, 7) is 0. The predicted molar refractivity (Wildman–Crippen MR) is 86.7 cm³/mol. The smallest absolute Gasteiger partial charge is 0.341 e. The van der Waals surface area contributed by atoms with Crippen LogP contribution in [0.15, 0.2) is 24.3 Å². The lowest BCUT2D eigenvalue weighted by molar-refractivity contribution is -0.233. The molecule has 1 atom stereocenters. The van der Waals surface area contributed by atoms with Gasteiger partial charge in [0.25, 0.3) is 0 Å². The van der Waals surface area contributed by atoms with Gasteiger partial charge in [0, 0.05) is 18.4 Å². The van der Waals surface area contributed by atoms with E-state index in [0.29, 0.717) is 0 Å². The number of fused-ring (bicyclic) bond motifs is 3. The summed E-state index contributed by atoms with van der Waals surface area (Å²) >= 11 is 4.01. The van der Waals surface area contributed by atoms with Gasteiger partial charge in [-0.2, -0.15) is 36.2 Å². The number of benzene rings is 1. The highest BCUT2D eigenvalue weighted by molar-refractivity contribution is 7.79. The lowest BCUT2D eigenvalue weighted by Gasteiger charge is -2.42. The molecule has 26 heavy (non-hydrogen) atoms. The minimum atomic E-state index is -5.47. The first kappa shape index (κ1) is 18.1. The zero-order valence-corrected chi connectivity index (χ0v) is 14.1. The van der Waals surface area contributed by atoms with Gasteiger partial charge in [-0.25, -0.2) is 18.8 Å². The summed E-state index contributed by atoms with van der Waals surface area (Å²) in [4.78, 5) is 12.2. The van der Waals surface area contributed by atoms with Gasteiger partial charge < -0.3 is 5.32 Å². The number of nitriles is 1. The molecule has 1 aromatic carbocycles. The fraction of sp³-hybridized carbons (Fsp3) is 0.267. The maximum atomic E-state index is 15.7. The Bertz CT molecular complexity index is 935. The van der Waals surface area contributed by atoms with Crippen molar-refractivity contribution >= 4 is 24.5 Å². The van der Waals surface area contributed by atoms with Crippen molar-refractivity contribution in [3.05, 3.63) is 41.1 Å². The molecule has 6 nitrogen and oxygen atoms in total. The molecule has 11 heteroatoms. The zero-order chi connectivity index (χ0) is 19.3. The van der Waals surface area contributed by atoms with Gasteiger partial charge in [0.2, 0.25) is 0 Å². The summed E-state index contributed by atoms with van der Waals surface area (Å²) < 4.78 is 58.1. The highest BCUT2D eigenvalue weighted by atomic mass is 32.1. The highest BCUT2D eigenvalue weighted by Gasteiger charge is 2.67. The van der Waals surface area contributed by atoms with Crippen LogP contribution in [0.5, 0.6) is 0 Å². The summed E-state index contributed by atoms with van der Waals surface area (Å²) in [5.74, 6) is -4.87. The minimum Gasteiger partial charge on any atom is -0.341 e. The Morgan fingerprint density at radius 1 is 1.42 bits per heavy atom. The number of carbonyl (C=O) groups excluding carboxylic acids is 1. The number of thiol groups is 1. The van der Waals surface area contributed by atoms with Gasteiger partial charge in [-0.15, -0.1) is 0 Å². The molecule has 2 aromatic rings. The van der Waals surface area contributed by atoms with Crippen molar-refractivity contribution in [3.63, 3.8) is 0 Å². The topological polar surface area (TPSA) is 74.0 Å². The minimum absolute atomic E-state index is 0.0287. The largest absolute Gasteiger partial charge is 0.447 e. The number of alkyl halides is 4. The third-order valence-corrected chi connectivity index (χ3v) is 4.30. The number of hydrogen-bond acceptors (Lipinski definition) is 4. The first-order valence-corrected chi connectivity index (χ1v) is 7.85. The molecule has 0 spiro atoms. The van der Waals surface area contributed by atoms with Crippen molar-refractivity contribution in [3.8, 4) is 11.8 Å². The summed E-state index contributed by atoms with van der Waals surface area (Å²) in [7, 11) is 1.06. The van der Waals surface area contributed by atoms with Crippen molar-refractivity contribution in [1.82, 2.24) is 15.1 Å². The van der Waals surface area contributed by atoms with Crippen molar-refractivity contribution in [1.29, 1.82) is 5.26 Å². The van der Waals surface area contributed by atoms with Crippen molar-refractivity contribution < 1.29 is 22.4 Å². The van der Waals surface area contributed by atoms with Crippen LogP contribution in [0.1, 0.15) is 16.8 Å². The van der Waals surface area contributed by atoms with Gasteiger partial charge in [0.05, 0.1) is 11.4 Å². The van der Waals surface area contributed by atoms with Crippen LogP contribution in [0.4, 0.5) is 28.2 Å². The fourth-order valence-corrected chi connectivity index (χ4v) is 3.11. The molecule has 0 saturated heterocycles. The maximum Gasteiger partial charge on any atom is 0.447 e. The van der Waals surface area contributed by atoms with E-state index in [9.17, 15) is 23.2 Å². The van der Waals surface area contributed by atoms with Crippen molar-refractivity contribution in [2.75, 3.05) is 11.9 Å². The number of halogens is 4. The first-order chi connectivity index (χ1) is 12.2. The average Bonchev–Trinajstić information content (AvgIpc) is 2.99. The number of urea groups is 1. The molecule has 1 unspecified atom stereocenters. The summed E-state index contributed by atoms with van der Waals surface area (Å²) in [6, 6.07) is 5.11. The van der Waals surface area contributed by atoms with Crippen LogP contribution in [0.3, 0.4) is 0 Å². The van der Waals surface area contributed by atoms with E-state index in [1.54, 1.807) is 6.07 Å². The Hall–Kier alpha value is -2.74. The molecule has 0 fully saturated rings. The summed E-state index contributed by atoms with van der Waals surface area (Å²) in [6.07, 6.45) is -5.47. The van der Waals surface area contributed by atoms with Crippen molar-refractivity contribution in [2.24, 2.45) is 0 Å². The van der Waals surface area contributed by atoms with Gasteiger partial charge in [0.15, 0.2) is 5.82 Å². The first-order valence-electron chi connectivity index (χ1n) is 7.22. The number of nitrogens with one attached hydrogen (secondary N) is 1. The quantitative estimate of drug-likeness (QED) is 0.450. The fourth-order valence-electron chi connectivity index (χ4n) is 2.88. The number of amides is 2. The van der Waals surface area contributed by atoms with Crippen LogP contribution in [-0.4, -0.2) is 29.0 Å². The molecular formula is C15H11F4N5OS. The number of para-hydroxylation sites is 1. The second kappa shape index (κ2) is 5.91. The molecule has 1 aliphatic rings. The van der Waals surface area contributed by atoms with Crippen molar-refractivity contribution in [2.45, 2.75) is 17.7 Å². The Labute approximate surface area is 150 Å². The lowest BCUT2D eigenvalue weighted by atomic mass is 9.97. The molecule has 0 aliphatic carbocycles. The van der Waals surface area contributed by atoms with Crippen LogP contribution in [0, 0.1) is 11.3 Å². The van der Waals surface area contributed by atoms with E-state index in [1.165, 1.54) is 18.2 Å². The summed E-state index contributed by atoms with van der Waals surface area (Å²) in [5, 5.41) is 15.4. The second-order valence-corrected chi connectivity index (χ2v) is 5.67. The number of hydrogen-bond donors (Lipinski definition) is 2. The molecule has 0 bridgehead atoms. The Morgan fingerprint density at radius 2 is 2.08 bits per heavy atom. The zero-order valence-electron chi connectivity index (χ0n) is 13.2. The number of aromatic nitrogens is 2. The van der Waals surface area contributed by atoms with E-state index in [0.717, 1.165) is 17.8 Å². The molecule has 0 saturated carbocycles. The van der Waals surface area contributed by atoms with Crippen LogP contribution >= 0.6 is 12.6 Å². The second-order valence-electron chi connectivity index (χ2n) is 5.35. The number of anilines is 1. The van der Waals surface area contributed by atoms with E-state index < -0.39 is 29.4 Å². The van der Waals surface area contributed by atoms with Crippen LogP contribution in [-0.2, 0) is 11.5 Å². The van der Waals surface area contributed by atoms with E-state index in [4.69, 9.17) is 0 Å². The van der Waals surface area contributed by atoms with Gasteiger partial charge in [-0.1, -0.05) is 18.2 Å². The monoisotopic (exact) mass is 385 g/mol. The van der Waals surface area contributed by atoms with Gasteiger partial charge >= 0.3 is 18.0 Å². The normalized spacial score (nSPS) is 18.7. The summed E-state index contributed by atoms with van der Waals surface area (Å²) in [5.41, 5.74) is -1.35. The predicted octanol–water partition coefficient (Wildman–Crippen LogP) is 3.02. The average molecular weight is 385 g/mol. The molecule has 1 aliphatic heterocycles. The van der Waals surface area contributed by atoms with E-state index in [-0.39, 0.29) is 27.6 Å². The molecule has 3 rings (SSSR count). The molecule has 2 heterocycles. The molecule has 0 radical (unpaired) electrons. The Kier molecular flexibility index (Phi) is 4.11. The molecule has 1 N–H and O–H groups in total. The van der Waals surface area contributed by atoms with E-state index in [1.807, 2.05) is 5.32 Å². The van der Waals surface area contributed by atoms with E-state index >= 15 is 4.39 Å². The Balaban J connectivity index is 2.50. The van der Waals surface area contributed by atoms with Gasteiger partial charge in [-0.05, 0) is 6.07 Å². The third kappa shape index (κ3) is 2.18. The Morgan fingerprint density at radius 3 is 2.62 bits per heavy atom. The van der Waals surface area contributed by atoms with Gasteiger partial charge in [-0.3, -0.25) is 0 Å². The number of carbonyl (C=O) groups is 1. The number of rotatable bonds is 1. The van der Waals surface area contributed by atoms with Crippen LogP contribution < -0.4 is 10.2 Å². The third-order valence-electron chi connectivity index (χ3n) is 4.00. The van der Waals surface area contributed by atoms with Crippen LogP contribution in [0.2, 0.25) is 0 Å². The van der Waals surface area contributed by atoms with Crippen LogP contribution in [0.25, 0.3) is 5.69 Å². The molecule has 1 aromatic heterocycles. The standard InChI is InChI=1S/C15H11F4N5OS/c1-21-13(25)23-12-8(6-20)10(7-26)22-24(12)11-5-3-2-4-9(11)14(23,16)15(17,18)19/h2-5,26H,7H2,1H3,(H,21,25). The number of nitrogens with zero attached hydrogens (tertiary/aromatic N) is 4. The molecule has 136 valence electrons. The lowest BCUT2D eigenvalue weighted by Crippen LogP contribution is -2.60. The molecule has 2 amide bonds.